The number of nitrogens with zero attached hydrogens (tertiary/aromatic N) is 2. The van der Waals surface area contributed by atoms with Gasteiger partial charge in [-0.2, -0.15) is 0 Å². The first-order valence-corrected chi connectivity index (χ1v) is 14.3. The van der Waals surface area contributed by atoms with E-state index in [1.165, 1.54) is 109 Å². The zero-order valence-corrected chi connectivity index (χ0v) is 22.2. The van der Waals surface area contributed by atoms with Crippen LogP contribution in [0.1, 0.15) is 129 Å². The minimum atomic E-state index is -1.05. The molecule has 0 saturated heterocycles. The molecule has 1 rings (SSSR count). The molecule has 1 unspecified atom stereocenters. The number of hydrogen-bond acceptors (Lipinski definition) is 4. The van der Waals surface area contributed by atoms with Gasteiger partial charge in [-0.3, -0.25) is 0 Å². The van der Waals surface area contributed by atoms with Crippen LogP contribution < -0.4 is 10.8 Å². The number of amidine groups is 1. The van der Waals surface area contributed by atoms with Gasteiger partial charge in [0.25, 0.3) is 0 Å². The van der Waals surface area contributed by atoms with Crippen LogP contribution in [0.2, 0.25) is 0 Å². The highest BCUT2D eigenvalue weighted by molar-refractivity contribution is 5.80. The van der Waals surface area contributed by atoms with Crippen LogP contribution in [0.25, 0.3) is 0 Å². The Morgan fingerprint density at radius 3 is 1.85 bits per heavy atom. The van der Waals surface area contributed by atoms with Gasteiger partial charge in [0.1, 0.15) is 19.3 Å². The summed E-state index contributed by atoms with van der Waals surface area (Å²) in [5.41, 5.74) is 5.72. The first kappa shape index (κ1) is 30.6. The van der Waals surface area contributed by atoms with E-state index >= 15 is 0 Å². The van der Waals surface area contributed by atoms with Crippen LogP contribution in [0.4, 0.5) is 0 Å². The van der Waals surface area contributed by atoms with E-state index < -0.39 is 5.97 Å². The van der Waals surface area contributed by atoms with Gasteiger partial charge in [-0.05, 0) is 32.1 Å². The molecule has 0 aliphatic carbocycles. The van der Waals surface area contributed by atoms with Gasteiger partial charge in [0.15, 0.2) is 0 Å². The number of carbonyl (C=O) groups is 1. The quantitative estimate of drug-likeness (QED) is 0.0999. The molecule has 5 heteroatoms. The molecule has 196 valence electrons. The van der Waals surface area contributed by atoms with E-state index in [2.05, 4.69) is 24.1 Å². The summed E-state index contributed by atoms with van der Waals surface area (Å²) in [6.07, 6.45) is 33.0. The van der Waals surface area contributed by atoms with Crippen molar-refractivity contribution in [3.63, 3.8) is 0 Å². The Hall–Kier alpha value is -1.46. The van der Waals surface area contributed by atoms with Gasteiger partial charge in [0, 0.05) is 13.0 Å². The van der Waals surface area contributed by atoms with Crippen molar-refractivity contribution in [3.05, 3.63) is 24.6 Å². The number of carboxylic acid groups (broad SMARTS) is 1. The van der Waals surface area contributed by atoms with E-state index in [1.807, 2.05) is 6.20 Å². The smallest absolute Gasteiger partial charge is 0.207 e. The molecule has 0 bridgehead atoms. The number of carbonyl (C=O) groups excluding carboxylic acids is 1. The fraction of sp³-hybridized carbons (Fsp3) is 0.793. The third-order valence-corrected chi connectivity index (χ3v) is 6.94. The van der Waals surface area contributed by atoms with Crippen LogP contribution in [0.3, 0.4) is 0 Å². The molecular weight excluding hydrogens is 422 g/mol. The summed E-state index contributed by atoms with van der Waals surface area (Å²) >= 11 is 0. The largest absolute Gasteiger partial charge is 0.544 e. The number of nitrogens with two attached hydrogens (primary N) is 1. The lowest BCUT2D eigenvalue weighted by molar-refractivity contribution is -0.780. The maximum atomic E-state index is 11.2. The van der Waals surface area contributed by atoms with E-state index in [4.69, 9.17) is 5.73 Å². The summed E-state index contributed by atoms with van der Waals surface area (Å²) < 4.78 is 0.240. The van der Waals surface area contributed by atoms with Crippen LogP contribution in [-0.4, -0.2) is 35.9 Å². The fourth-order valence-electron chi connectivity index (χ4n) is 4.86. The third-order valence-electron chi connectivity index (χ3n) is 6.94. The highest BCUT2D eigenvalue weighted by Crippen LogP contribution is 2.21. The molecule has 1 aliphatic rings. The van der Waals surface area contributed by atoms with Gasteiger partial charge < -0.3 is 15.6 Å². The molecule has 0 aromatic rings. The zero-order valence-electron chi connectivity index (χ0n) is 22.2. The fourth-order valence-corrected chi connectivity index (χ4v) is 4.86. The lowest BCUT2D eigenvalue weighted by Crippen LogP contribution is -2.55. The van der Waals surface area contributed by atoms with E-state index in [1.54, 1.807) is 6.20 Å². The first-order chi connectivity index (χ1) is 16.6. The van der Waals surface area contributed by atoms with Crippen LogP contribution in [-0.2, 0) is 4.79 Å². The monoisotopic (exact) mass is 475 g/mol. The van der Waals surface area contributed by atoms with Crippen molar-refractivity contribution < 1.29 is 14.4 Å². The van der Waals surface area contributed by atoms with Crippen molar-refractivity contribution in [2.24, 2.45) is 10.7 Å². The summed E-state index contributed by atoms with van der Waals surface area (Å²) in [6, 6.07) is 0. The molecule has 1 aliphatic heterocycles. The Labute approximate surface area is 210 Å². The second-order valence-corrected chi connectivity index (χ2v) is 10.0. The molecule has 34 heavy (non-hydrogen) atoms. The highest BCUT2D eigenvalue weighted by atomic mass is 16.4. The molecule has 0 aromatic heterocycles. The van der Waals surface area contributed by atoms with Crippen LogP contribution in [0, 0.1) is 0 Å². The predicted molar refractivity (Wildman–Crippen MR) is 143 cm³/mol. The van der Waals surface area contributed by atoms with Crippen LogP contribution >= 0.6 is 0 Å². The summed E-state index contributed by atoms with van der Waals surface area (Å²) in [6.45, 7) is 3.21. The number of aliphatic imine (C=N–C) groups is 1. The maximum absolute atomic E-state index is 11.2. The minimum absolute atomic E-state index is 0.0702. The molecule has 0 spiro atoms. The zero-order chi connectivity index (χ0) is 24.7. The van der Waals surface area contributed by atoms with Crippen LogP contribution in [0.15, 0.2) is 29.5 Å². The Morgan fingerprint density at radius 2 is 1.35 bits per heavy atom. The maximum Gasteiger partial charge on any atom is 0.207 e. The van der Waals surface area contributed by atoms with Gasteiger partial charge in [-0.15, -0.1) is 0 Å². The number of hydrogen-bond donors (Lipinski definition) is 1. The third kappa shape index (κ3) is 14.7. The van der Waals surface area contributed by atoms with Crippen molar-refractivity contribution >= 4 is 11.8 Å². The minimum Gasteiger partial charge on any atom is -0.544 e. The van der Waals surface area contributed by atoms with E-state index in [-0.39, 0.29) is 11.0 Å². The average molecular weight is 476 g/mol. The Balaban J connectivity index is 1.91. The van der Waals surface area contributed by atoms with E-state index in [9.17, 15) is 9.90 Å². The van der Waals surface area contributed by atoms with Crippen LogP contribution in [0.5, 0.6) is 0 Å². The van der Waals surface area contributed by atoms with E-state index in [0.29, 0.717) is 13.1 Å². The van der Waals surface area contributed by atoms with Gasteiger partial charge in [0.2, 0.25) is 5.84 Å². The van der Waals surface area contributed by atoms with Gasteiger partial charge >= 0.3 is 0 Å². The number of unbranched alkanes of at least 4 members (excludes halogenated alkanes) is 16. The van der Waals surface area contributed by atoms with E-state index in [0.717, 1.165) is 18.7 Å². The molecule has 1 heterocycles. The highest BCUT2D eigenvalue weighted by Gasteiger charge is 2.34. The first-order valence-electron chi connectivity index (χ1n) is 14.3. The molecule has 2 N–H and O–H groups in total. The summed E-state index contributed by atoms with van der Waals surface area (Å²) in [4.78, 5) is 15.6. The molecule has 5 nitrogen and oxygen atoms in total. The lowest BCUT2D eigenvalue weighted by atomic mass is 10.1. The Morgan fingerprint density at radius 1 is 0.853 bits per heavy atom. The van der Waals surface area contributed by atoms with Crippen molar-refractivity contribution in [1.82, 2.24) is 0 Å². The Bertz CT molecular complexity index is 600. The number of carboxylic acids is 1. The topological polar surface area (TPSA) is 78.5 Å². The molecule has 0 amide bonds. The number of quaternary nitrogens is 1. The molecular formula is C29H53N3O2. The van der Waals surface area contributed by atoms with Crippen molar-refractivity contribution in [2.75, 3.05) is 19.6 Å². The molecule has 0 fully saturated rings. The second kappa shape index (κ2) is 20.9. The summed E-state index contributed by atoms with van der Waals surface area (Å²) in [5, 5.41) is 11.2. The normalized spacial score (nSPS) is 17.6. The van der Waals surface area contributed by atoms with Crippen molar-refractivity contribution in [1.29, 1.82) is 0 Å². The molecule has 1 atom stereocenters. The molecule has 0 radical (unpaired) electrons. The standard InChI is InChI=1S/C29H53N3O2/c1-2-3-4-5-6-7-8-9-10-11-12-13-14-15-16-17-18-19-20-21-22-28-31-24-26-32(28,25-23-30)27-29(33)34/h13-14,24,26H,2-12,15-23,25,27,30H2,1H3/b14-13+. The van der Waals surface area contributed by atoms with Crippen molar-refractivity contribution in [2.45, 2.75) is 129 Å². The lowest BCUT2D eigenvalue weighted by Gasteiger charge is -2.32. The van der Waals surface area contributed by atoms with Gasteiger partial charge in [-0.25, -0.2) is 9.48 Å². The molecule has 0 saturated carbocycles. The Kier molecular flexibility index (Phi) is 18.8. The van der Waals surface area contributed by atoms with Gasteiger partial charge in [-0.1, -0.05) is 103 Å². The van der Waals surface area contributed by atoms with Crippen molar-refractivity contribution in [3.8, 4) is 0 Å². The number of rotatable bonds is 24. The number of allylic oxidation sites excluding steroid dienone is 2. The summed E-state index contributed by atoms with van der Waals surface area (Å²) in [7, 11) is 0. The molecule has 0 aromatic carbocycles. The van der Waals surface area contributed by atoms with Gasteiger partial charge in [0.05, 0.1) is 12.2 Å². The number of aliphatic carboxylic acids is 1. The summed E-state index contributed by atoms with van der Waals surface area (Å²) in [5.74, 6) is -0.132. The second-order valence-electron chi connectivity index (χ2n) is 10.0. The average Bonchev–Trinajstić information content (AvgIpc) is 3.19. The predicted octanol–water partition coefficient (Wildman–Crippen LogP) is 6.38. The SMILES string of the molecule is CCCCCCCCCCCC/C=C/CCCCCCCCC1=NC=C[N+]1(CCN)CC(=O)[O-].